The molecule has 0 amide bonds. The molecule has 106 valence electrons. The quantitative estimate of drug-likeness (QED) is 0.755. The number of hydrogen-bond donors (Lipinski definition) is 2. The van der Waals surface area contributed by atoms with E-state index in [0.717, 1.165) is 25.7 Å². The second-order valence-corrected chi connectivity index (χ2v) is 7.03. The monoisotopic (exact) mass is 346 g/mol. The van der Waals surface area contributed by atoms with Gasteiger partial charge in [0.05, 0.1) is 0 Å². The van der Waals surface area contributed by atoms with Gasteiger partial charge in [0.2, 0.25) is 0 Å². The summed E-state index contributed by atoms with van der Waals surface area (Å²) in [5.41, 5.74) is 5.64. The third-order valence-corrected chi connectivity index (χ3v) is 5.93. The van der Waals surface area contributed by atoms with Crippen LogP contribution in [0.15, 0.2) is 12.1 Å². The summed E-state index contributed by atoms with van der Waals surface area (Å²) in [5, 5.41) is 0. The zero-order chi connectivity index (χ0) is 13.8. The summed E-state index contributed by atoms with van der Waals surface area (Å²) in [6, 6.07) is 4.77. The molecule has 0 aromatic carbocycles. The maximum atomic E-state index is 3.57. The molecule has 0 aliphatic rings. The van der Waals surface area contributed by atoms with Crippen LogP contribution in [0.25, 0.3) is 0 Å². The van der Waals surface area contributed by atoms with Gasteiger partial charge in [0, 0.05) is 0 Å². The van der Waals surface area contributed by atoms with Crippen LogP contribution in [0.2, 0.25) is 0 Å². The number of aromatic nitrogens is 2. The summed E-state index contributed by atoms with van der Waals surface area (Å²) in [4.78, 5) is 7.14. The molecule has 0 aliphatic carbocycles. The van der Waals surface area contributed by atoms with Crippen LogP contribution in [0.3, 0.4) is 0 Å². The summed E-state index contributed by atoms with van der Waals surface area (Å²) in [7, 11) is 0. The summed E-state index contributed by atoms with van der Waals surface area (Å²) in [5.74, 6) is 0. The standard InChI is InChI=1S/2C8H12N.Ru/c2*1-3-7-5-6-8(4-2)9-7;/h2*5,9H,3-4H2,1-2H3;. The molecular formula is C16H24N2Ru. The van der Waals surface area contributed by atoms with E-state index in [4.69, 9.17) is 0 Å². The first-order valence-corrected chi connectivity index (χ1v) is 8.99. The van der Waals surface area contributed by atoms with E-state index >= 15 is 0 Å². The van der Waals surface area contributed by atoms with Crippen molar-refractivity contribution in [3.05, 3.63) is 34.9 Å². The van der Waals surface area contributed by atoms with Gasteiger partial charge in [-0.25, -0.2) is 0 Å². The van der Waals surface area contributed by atoms with Gasteiger partial charge in [-0.2, -0.15) is 0 Å². The first-order chi connectivity index (χ1) is 9.21. The van der Waals surface area contributed by atoms with Crippen LogP contribution in [-0.2, 0) is 42.8 Å². The van der Waals surface area contributed by atoms with E-state index < -0.39 is 0 Å². The molecule has 2 N–H and O–H groups in total. The Hall–Kier alpha value is -0.817. The molecule has 0 atom stereocenters. The van der Waals surface area contributed by atoms with Crippen LogP contribution in [0.5, 0.6) is 0 Å². The number of hydrogen-bond acceptors (Lipinski definition) is 0. The van der Waals surface area contributed by atoms with Gasteiger partial charge in [-0.15, -0.1) is 0 Å². The Labute approximate surface area is 124 Å². The topological polar surface area (TPSA) is 31.6 Å². The van der Waals surface area contributed by atoms with Gasteiger partial charge < -0.3 is 0 Å². The molecule has 2 aromatic heterocycles. The Morgan fingerprint density at radius 2 is 1.16 bits per heavy atom. The fraction of sp³-hybridized carbons (Fsp3) is 0.500. The summed E-state index contributed by atoms with van der Waals surface area (Å²) in [6.07, 6.45) is 4.41. The summed E-state index contributed by atoms with van der Waals surface area (Å²) in [6.45, 7) is 8.91. The van der Waals surface area contributed by atoms with Crippen molar-refractivity contribution >= 4 is 8.32 Å². The van der Waals surface area contributed by atoms with Crippen LogP contribution >= 0.6 is 0 Å². The van der Waals surface area contributed by atoms with Crippen LogP contribution < -0.4 is 8.32 Å². The number of aromatic amines is 2. The van der Waals surface area contributed by atoms with Crippen molar-refractivity contribution in [3.8, 4) is 0 Å². The predicted octanol–water partition coefficient (Wildman–Crippen LogP) is 2.63. The van der Waals surface area contributed by atoms with Crippen LogP contribution in [0.1, 0.15) is 50.5 Å². The first-order valence-electron chi connectivity index (χ1n) is 7.25. The van der Waals surface area contributed by atoms with E-state index in [2.05, 4.69) is 49.8 Å². The van der Waals surface area contributed by atoms with Crippen molar-refractivity contribution in [2.45, 2.75) is 53.4 Å². The van der Waals surface area contributed by atoms with Gasteiger partial charge in [-0.3, -0.25) is 0 Å². The molecule has 0 saturated carbocycles. The Kier molecular flexibility index (Phi) is 5.04. The Morgan fingerprint density at radius 1 is 0.737 bits per heavy atom. The molecule has 0 spiro atoms. The molecule has 0 radical (unpaired) electrons. The normalized spacial score (nSPS) is 11.4. The average molecular weight is 345 g/mol. The molecule has 2 heterocycles. The van der Waals surface area contributed by atoms with Crippen molar-refractivity contribution in [2.75, 3.05) is 0 Å². The minimum absolute atomic E-state index is 0.142. The molecule has 3 heteroatoms. The van der Waals surface area contributed by atoms with Gasteiger partial charge in [0.15, 0.2) is 0 Å². The van der Waals surface area contributed by atoms with E-state index in [0.29, 0.717) is 0 Å². The molecule has 2 rings (SSSR count). The van der Waals surface area contributed by atoms with Crippen molar-refractivity contribution < 1.29 is 17.1 Å². The fourth-order valence-electron chi connectivity index (χ4n) is 2.19. The van der Waals surface area contributed by atoms with Crippen LogP contribution in [0.4, 0.5) is 0 Å². The number of rotatable bonds is 6. The Morgan fingerprint density at radius 3 is 1.47 bits per heavy atom. The van der Waals surface area contributed by atoms with E-state index in [-0.39, 0.29) is 17.1 Å². The maximum absolute atomic E-state index is 3.57. The van der Waals surface area contributed by atoms with Gasteiger partial charge in [-0.05, 0) is 0 Å². The van der Waals surface area contributed by atoms with Crippen molar-refractivity contribution in [2.24, 2.45) is 0 Å². The van der Waals surface area contributed by atoms with Gasteiger partial charge >= 0.3 is 124 Å². The van der Waals surface area contributed by atoms with Crippen LogP contribution in [0, 0.1) is 0 Å². The fourth-order valence-corrected chi connectivity index (χ4v) is 4.91. The minimum atomic E-state index is 0.142. The molecule has 0 saturated heterocycles. The van der Waals surface area contributed by atoms with Crippen LogP contribution in [-0.4, -0.2) is 9.97 Å². The van der Waals surface area contributed by atoms with E-state index in [1.54, 1.807) is 8.32 Å². The predicted molar refractivity (Wildman–Crippen MR) is 78.4 cm³/mol. The molecule has 0 unspecified atom stereocenters. The molecule has 2 aromatic rings. The zero-order valence-corrected chi connectivity index (χ0v) is 14.1. The molecule has 0 fully saturated rings. The molecule has 19 heavy (non-hydrogen) atoms. The Bertz CT molecular complexity index is 489. The van der Waals surface area contributed by atoms with Crippen molar-refractivity contribution in [1.82, 2.24) is 9.97 Å². The average Bonchev–Trinajstić information content (AvgIpc) is 3.02. The van der Waals surface area contributed by atoms with Gasteiger partial charge in [0.1, 0.15) is 0 Å². The second-order valence-electron chi connectivity index (χ2n) is 4.72. The zero-order valence-electron chi connectivity index (χ0n) is 12.3. The van der Waals surface area contributed by atoms with Crippen molar-refractivity contribution in [1.29, 1.82) is 0 Å². The number of aryl methyl sites for hydroxylation is 4. The van der Waals surface area contributed by atoms with E-state index in [9.17, 15) is 0 Å². The molecule has 0 aliphatic heterocycles. The first kappa shape index (κ1) is 14.6. The summed E-state index contributed by atoms with van der Waals surface area (Å²) >= 11 is 0.142. The van der Waals surface area contributed by atoms with Gasteiger partial charge in [-0.1, -0.05) is 0 Å². The SMILES string of the molecule is CCc1c[c]([Ru][c]2cc(CC)[nH]c2CC)c(CC)[nH]1. The number of H-pyrrole nitrogens is 2. The second kappa shape index (κ2) is 6.56. The number of nitrogens with one attached hydrogen (secondary N) is 2. The molecule has 0 bridgehead atoms. The third-order valence-electron chi connectivity index (χ3n) is 3.44. The summed E-state index contributed by atoms with van der Waals surface area (Å²) < 4.78 is 3.12. The van der Waals surface area contributed by atoms with E-state index in [1.165, 1.54) is 22.8 Å². The van der Waals surface area contributed by atoms with E-state index in [1.807, 2.05) is 0 Å². The third kappa shape index (κ3) is 3.20. The van der Waals surface area contributed by atoms with Crippen molar-refractivity contribution in [3.63, 3.8) is 0 Å². The van der Waals surface area contributed by atoms with Gasteiger partial charge in [0.25, 0.3) is 0 Å². The molecule has 2 nitrogen and oxygen atoms in total. The molecular weight excluding hydrogens is 321 g/mol. The Balaban J connectivity index is 2.29.